The third-order valence-corrected chi connectivity index (χ3v) is 2.23. The minimum atomic E-state index is -0.436. The maximum Gasteiger partial charge on any atom is 0.356 e. The third-order valence-electron chi connectivity index (χ3n) is 2.23. The van der Waals surface area contributed by atoms with E-state index in [1.807, 2.05) is 0 Å². The van der Waals surface area contributed by atoms with Gasteiger partial charge in [0.1, 0.15) is 5.69 Å². The Bertz CT molecular complexity index is 400. The second-order valence-electron chi connectivity index (χ2n) is 3.58. The zero-order chi connectivity index (χ0) is 13.4. The molecule has 0 atom stereocenters. The van der Waals surface area contributed by atoms with Gasteiger partial charge in [-0.2, -0.15) is 0 Å². The lowest BCUT2D eigenvalue weighted by Gasteiger charge is -2.03. The van der Waals surface area contributed by atoms with Crippen LogP contribution in [0.3, 0.4) is 0 Å². The van der Waals surface area contributed by atoms with Crippen LogP contribution in [0.25, 0.3) is 0 Å². The van der Waals surface area contributed by atoms with Crippen molar-refractivity contribution in [3.8, 4) is 0 Å². The molecule has 0 aromatic carbocycles. The average molecular weight is 251 g/mol. The van der Waals surface area contributed by atoms with Crippen molar-refractivity contribution >= 4 is 11.9 Å². The van der Waals surface area contributed by atoms with Gasteiger partial charge in [0.05, 0.1) is 13.2 Å². The summed E-state index contributed by atoms with van der Waals surface area (Å²) in [6.07, 6.45) is 2.44. The lowest BCUT2D eigenvalue weighted by atomic mass is 10.1. The summed E-state index contributed by atoms with van der Waals surface area (Å²) in [5.41, 5.74) is 1.16. The summed E-state index contributed by atoms with van der Waals surface area (Å²) in [4.78, 5) is 26.5. The second-order valence-corrected chi connectivity index (χ2v) is 3.58. The maximum atomic E-state index is 11.3. The van der Waals surface area contributed by atoms with Gasteiger partial charge in [-0.3, -0.25) is 4.79 Å². The Morgan fingerprint density at radius 2 is 1.89 bits per heavy atom. The van der Waals surface area contributed by atoms with E-state index in [1.165, 1.54) is 0 Å². The number of esters is 2. The molecule has 0 bridgehead atoms. The normalized spacial score (nSPS) is 9.89. The fraction of sp³-hybridized carbons (Fsp3) is 0.462. The summed E-state index contributed by atoms with van der Waals surface area (Å²) < 4.78 is 9.65. The molecule has 0 radical (unpaired) electrons. The van der Waals surface area contributed by atoms with Crippen LogP contribution in [0.2, 0.25) is 0 Å². The molecule has 0 amide bonds. The fourth-order valence-corrected chi connectivity index (χ4v) is 1.38. The van der Waals surface area contributed by atoms with E-state index in [-0.39, 0.29) is 11.7 Å². The predicted octanol–water partition coefficient (Wildman–Crippen LogP) is 1.75. The van der Waals surface area contributed by atoms with Crippen LogP contribution in [0, 0.1) is 0 Å². The predicted molar refractivity (Wildman–Crippen MR) is 65.1 cm³/mol. The molecular formula is C13H17NO4. The van der Waals surface area contributed by atoms with Gasteiger partial charge in [-0.1, -0.05) is 6.07 Å². The topological polar surface area (TPSA) is 65.5 Å². The van der Waals surface area contributed by atoms with Crippen molar-refractivity contribution in [1.29, 1.82) is 0 Å². The van der Waals surface area contributed by atoms with Gasteiger partial charge in [0.25, 0.3) is 0 Å². The van der Waals surface area contributed by atoms with E-state index in [9.17, 15) is 9.59 Å². The summed E-state index contributed by atoms with van der Waals surface area (Å²) in [5, 5.41) is 0. The molecule has 5 nitrogen and oxygen atoms in total. The molecule has 0 spiro atoms. The number of ether oxygens (including phenoxy) is 2. The summed E-state index contributed by atoms with van der Waals surface area (Å²) in [6.45, 7) is 4.23. The first-order chi connectivity index (χ1) is 8.67. The van der Waals surface area contributed by atoms with Crippen LogP contribution in [0.5, 0.6) is 0 Å². The van der Waals surface area contributed by atoms with Crippen LogP contribution in [-0.2, 0) is 20.7 Å². The summed E-state index contributed by atoms with van der Waals surface area (Å²) in [5.74, 6) is -0.665. The molecule has 0 aliphatic heterocycles. The van der Waals surface area contributed by atoms with Crippen LogP contribution in [0.4, 0.5) is 0 Å². The number of nitrogens with zero attached hydrogens (tertiary/aromatic N) is 1. The SMILES string of the molecule is CCOC(=O)CCc1ccc(C(=O)OCC)nc1. The zero-order valence-corrected chi connectivity index (χ0v) is 10.6. The van der Waals surface area contributed by atoms with E-state index in [2.05, 4.69) is 4.98 Å². The van der Waals surface area contributed by atoms with Crippen molar-refractivity contribution in [3.05, 3.63) is 29.6 Å². The smallest absolute Gasteiger partial charge is 0.356 e. The highest BCUT2D eigenvalue weighted by molar-refractivity contribution is 5.87. The highest BCUT2D eigenvalue weighted by Crippen LogP contribution is 2.05. The van der Waals surface area contributed by atoms with Crippen LogP contribution in [-0.4, -0.2) is 30.1 Å². The zero-order valence-electron chi connectivity index (χ0n) is 10.6. The Morgan fingerprint density at radius 1 is 1.17 bits per heavy atom. The van der Waals surface area contributed by atoms with Crippen molar-refractivity contribution in [2.75, 3.05) is 13.2 Å². The minimum absolute atomic E-state index is 0.230. The number of aryl methyl sites for hydroxylation is 1. The largest absolute Gasteiger partial charge is 0.466 e. The van der Waals surface area contributed by atoms with E-state index in [0.29, 0.717) is 26.1 Å². The molecule has 98 valence electrons. The molecule has 0 saturated heterocycles. The lowest BCUT2D eigenvalue weighted by molar-refractivity contribution is -0.143. The van der Waals surface area contributed by atoms with E-state index >= 15 is 0 Å². The van der Waals surface area contributed by atoms with Gasteiger partial charge >= 0.3 is 11.9 Å². The molecule has 18 heavy (non-hydrogen) atoms. The molecular weight excluding hydrogens is 234 g/mol. The first-order valence-electron chi connectivity index (χ1n) is 5.95. The van der Waals surface area contributed by atoms with Crippen molar-refractivity contribution in [2.45, 2.75) is 26.7 Å². The first kappa shape index (κ1) is 14.2. The van der Waals surface area contributed by atoms with Gasteiger partial charge in [-0.05, 0) is 31.9 Å². The molecule has 0 aliphatic rings. The Balaban J connectivity index is 2.50. The van der Waals surface area contributed by atoms with Crippen LogP contribution >= 0.6 is 0 Å². The van der Waals surface area contributed by atoms with E-state index < -0.39 is 5.97 Å². The number of hydrogen-bond donors (Lipinski definition) is 0. The van der Waals surface area contributed by atoms with Crippen molar-refractivity contribution in [2.24, 2.45) is 0 Å². The molecule has 0 saturated carbocycles. The molecule has 0 N–H and O–H groups in total. The molecule has 1 rings (SSSR count). The van der Waals surface area contributed by atoms with Crippen LogP contribution in [0.1, 0.15) is 36.3 Å². The lowest BCUT2D eigenvalue weighted by Crippen LogP contribution is -2.08. The molecule has 0 unspecified atom stereocenters. The first-order valence-corrected chi connectivity index (χ1v) is 5.95. The molecule has 0 aliphatic carbocycles. The molecule has 1 heterocycles. The molecule has 1 aromatic rings. The Labute approximate surface area is 106 Å². The molecule has 1 aromatic heterocycles. The van der Waals surface area contributed by atoms with E-state index in [1.54, 1.807) is 32.2 Å². The number of carbonyl (C=O) groups excluding carboxylic acids is 2. The maximum absolute atomic E-state index is 11.3. The van der Waals surface area contributed by atoms with Gasteiger partial charge in [0, 0.05) is 12.6 Å². The van der Waals surface area contributed by atoms with Gasteiger partial charge in [0.15, 0.2) is 0 Å². The quantitative estimate of drug-likeness (QED) is 0.721. The number of aromatic nitrogens is 1. The van der Waals surface area contributed by atoms with Crippen molar-refractivity contribution in [3.63, 3.8) is 0 Å². The van der Waals surface area contributed by atoms with E-state index in [4.69, 9.17) is 9.47 Å². The van der Waals surface area contributed by atoms with Gasteiger partial charge in [0.2, 0.25) is 0 Å². The number of hydrogen-bond acceptors (Lipinski definition) is 5. The van der Waals surface area contributed by atoms with Crippen molar-refractivity contribution in [1.82, 2.24) is 4.98 Å². The molecule has 0 fully saturated rings. The van der Waals surface area contributed by atoms with Gasteiger partial charge < -0.3 is 9.47 Å². The highest BCUT2D eigenvalue weighted by Gasteiger charge is 2.08. The second kappa shape index (κ2) is 7.42. The van der Waals surface area contributed by atoms with E-state index in [0.717, 1.165) is 5.56 Å². The standard InChI is InChI=1S/C13H17NO4/c1-3-17-12(15)8-6-10-5-7-11(14-9-10)13(16)18-4-2/h5,7,9H,3-4,6,8H2,1-2H3. The Morgan fingerprint density at radius 3 is 2.44 bits per heavy atom. The summed E-state index contributed by atoms with van der Waals surface area (Å²) >= 11 is 0. The highest BCUT2D eigenvalue weighted by atomic mass is 16.5. The summed E-state index contributed by atoms with van der Waals surface area (Å²) in [6, 6.07) is 3.36. The van der Waals surface area contributed by atoms with Crippen LogP contribution in [0.15, 0.2) is 18.3 Å². The number of carbonyl (C=O) groups is 2. The summed E-state index contributed by atoms with van der Waals surface area (Å²) in [7, 11) is 0. The monoisotopic (exact) mass is 251 g/mol. The Hall–Kier alpha value is -1.91. The van der Waals surface area contributed by atoms with Crippen molar-refractivity contribution < 1.29 is 19.1 Å². The van der Waals surface area contributed by atoms with Crippen LogP contribution < -0.4 is 0 Å². The number of rotatable bonds is 6. The molecule has 5 heteroatoms. The Kier molecular flexibility index (Phi) is 5.84. The third kappa shape index (κ3) is 4.53. The average Bonchev–Trinajstić information content (AvgIpc) is 2.37. The van der Waals surface area contributed by atoms with Gasteiger partial charge in [-0.15, -0.1) is 0 Å². The fourth-order valence-electron chi connectivity index (χ4n) is 1.38. The number of pyridine rings is 1. The minimum Gasteiger partial charge on any atom is -0.466 e. The van der Waals surface area contributed by atoms with Gasteiger partial charge in [-0.25, -0.2) is 9.78 Å².